The molecule has 0 amide bonds. The summed E-state index contributed by atoms with van der Waals surface area (Å²) in [4.78, 5) is 22.3. The average molecular weight is 340 g/mol. The number of H-pyrrole nitrogens is 1. The minimum atomic E-state index is -0.00109. The lowest BCUT2D eigenvalue weighted by atomic mass is 10.1. The van der Waals surface area contributed by atoms with Gasteiger partial charge in [-0.15, -0.1) is 0 Å². The lowest BCUT2D eigenvalue weighted by Gasteiger charge is -2.27. The van der Waals surface area contributed by atoms with E-state index in [1.807, 2.05) is 6.07 Å². The number of benzene rings is 1. The highest BCUT2D eigenvalue weighted by atomic mass is 16.1. The zero-order valence-electron chi connectivity index (χ0n) is 15.1. The molecule has 0 aliphatic carbocycles. The summed E-state index contributed by atoms with van der Waals surface area (Å²) >= 11 is 0. The Kier molecular flexibility index (Phi) is 6.23. The van der Waals surface area contributed by atoms with Crippen LogP contribution in [0.25, 0.3) is 0 Å². The van der Waals surface area contributed by atoms with Crippen LogP contribution in [-0.2, 0) is 19.5 Å². The van der Waals surface area contributed by atoms with Gasteiger partial charge in [-0.2, -0.15) is 0 Å². The first-order valence-electron chi connectivity index (χ1n) is 9.38. The molecule has 2 N–H and O–H groups in total. The van der Waals surface area contributed by atoms with Crippen molar-refractivity contribution in [3.8, 4) is 0 Å². The molecule has 134 valence electrons. The van der Waals surface area contributed by atoms with Crippen molar-refractivity contribution in [1.82, 2.24) is 14.9 Å². The van der Waals surface area contributed by atoms with Crippen LogP contribution in [0, 0.1) is 0 Å². The topological polar surface area (TPSA) is 61.0 Å². The number of hydrogen-bond acceptors (Lipinski definition) is 4. The van der Waals surface area contributed by atoms with Crippen LogP contribution in [0.3, 0.4) is 0 Å². The van der Waals surface area contributed by atoms with Gasteiger partial charge in [0.05, 0.1) is 11.3 Å². The van der Waals surface area contributed by atoms with Crippen molar-refractivity contribution in [2.75, 3.05) is 18.4 Å². The number of aromatic amines is 1. The molecular weight excluding hydrogens is 312 g/mol. The van der Waals surface area contributed by atoms with Crippen molar-refractivity contribution in [3.63, 3.8) is 0 Å². The lowest BCUT2D eigenvalue weighted by Crippen LogP contribution is -2.35. The highest BCUT2D eigenvalue weighted by Crippen LogP contribution is 2.17. The van der Waals surface area contributed by atoms with Gasteiger partial charge in [0.25, 0.3) is 5.56 Å². The van der Waals surface area contributed by atoms with Gasteiger partial charge in [0.15, 0.2) is 0 Å². The monoisotopic (exact) mass is 340 g/mol. The van der Waals surface area contributed by atoms with Crippen LogP contribution < -0.4 is 10.9 Å². The van der Waals surface area contributed by atoms with Crippen molar-refractivity contribution in [2.45, 2.75) is 52.1 Å². The van der Waals surface area contributed by atoms with Gasteiger partial charge in [-0.3, -0.25) is 14.7 Å². The smallest absolute Gasteiger partial charge is 0.257 e. The molecule has 1 aromatic carbocycles. The fourth-order valence-corrected chi connectivity index (χ4v) is 3.30. The summed E-state index contributed by atoms with van der Waals surface area (Å²) in [5.74, 6) is 0.622. The third-order valence-corrected chi connectivity index (χ3v) is 4.72. The van der Waals surface area contributed by atoms with Crippen LogP contribution in [0.4, 0.5) is 5.95 Å². The molecule has 5 nitrogen and oxygen atoms in total. The van der Waals surface area contributed by atoms with Crippen LogP contribution in [-0.4, -0.2) is 28.0 Å². The molecule has 0 unspecified atom stereocenters. The fourth-order valence-electron chi connectivity index (χ4n) is 3.30. The third-order valence-electron chi connectivity index (χ3n) is 4.72. The Morgan fingerprint density at radius 2 is 2.04 bits per heavy atom. The van der Waals surface area contributed by atoms with Gasteiger partial charge in [-0.1, -0.05) is 56.5 Å². The molecule has 0 bridgehead atoms. The molecule has 0 atom stereocenters. The first-order chi connectivity index (χ1) is 12.3. The Labute approximate surface area is 149 Å². The number of nitrogens with zero attached hydrogens (tertiary/aromatic N) is 2. The molecule has 1 aliphatic rings. The van der Waals surface area contributed by atoms with Crippen molar-refractivity contribution >= 4 is 5.95 Å². The Morgan fingerprint density at radius 3 is 2.84 bits per heavy atom. The Morgan fingerprint density at radius 1 is 1.20 bits per heavy atom. The maximum Gasteiger partial charge on any atom is 0.257 e. The second kappa shape index (κ2) is 8.81. The van der Waals surface area contributed by atoms with E-state index < -0.39 is 0 Å². The van der Waals surface area contributed by atoms with Crippen molar-refractivity contribution in [3.05, 3.63) is 57.5 Å². The zero-order valence-corrected chi connectivity index (χ0v) is 15.1. The lowest BCUT2D eigenvalue weighted by molar-refractivity contribution is 0.242. The summed E-state index contributed by atoms with van der Waals surface area (Å²) in [5, 5.41) is 3.27. The maximum atomic E-state index is 12.5. The van der Waals surface area contributed by atoms with E-state index in [9.17, 15) is 4.79 Å². The number of aromatic nitrogens is 2. The van der Waals surface area contributed by atoms with Gasteiger partial charge in [0.2, 0.25) is 5.95 Å². The van der Waals surface area contributed by atoms with Crippen LogP contribution in [0.2, 0.25) is 0 Å². The second-order valence-corrected chi connectivity index (χ2v) is 6.77. The number of anilines is 1. The maximum absolute atomic E-state index is 12.5. The Bertz CT molecular complexity index is 726. The molecule has 2 heterocycles. The van der Waals surface area contributed by atoms with Gasteiger partial charge in [0.1, 0.15) is 0 Å². The molecule has 0 saturated heterocycles. The van der Waals surface area contributed by atoms with Crippen molar-refractivity contribution < 1.29 is 0 Å². The van der Waals surface area contributed by atoms with Crippen LogP contribution >= 0.6 is 0 Å². The number of nitrogens with one attached hydrogen (secondary N) is 2. The summed E-state index contributed by atoms with van der Waals surface area (Å²) in [6.07, 6.45) is 5.64. The molecule has 3 rings (SSSR count). The standard InChI is InChI=1S/C20H28N4O/c1-2-3-4-8-12-21-20-22-18-11-13-24(15-17(18)19(25)23-20)14-16-9-6-5-7-10-16/h5-7,9-10H,2-4,8,11-15H2,1H3,(H2,21,22,23,25). The van der Waals surface area contributed by atoms with Crippen molar-refractivity contribution in [1.29, 1.82) is 0 Å². The van der Waals surface area contributed by atoms with E-state index in [1.54, 1.807) is 0 Å². The molecule has 1 aromatic heterocycles. The largest absolute Gasteiger partial charge is 0.356 e. The van der Waals surface area contributed by atoms with Gasteiger partial charge < -0.3 is 5.32 Å². The molecular formula is C20H28N4O. The molecule has 0 radical (unpaired) electrons. The molecule has 2 aromatic rings. The molecule has 25 heavy (non-hydrogen) atoms. The van der Waals surface area contributed by atoms with Crippen LogP contribution in [0.1, 0.15) is 49.4 Å². The zero-order chi connectivity index (χ0) is 17.5. The van der Waals surface area contributed by atoms with Crippen molar-refractivity contribution in [2.24, 2.45) is 0 Å². The van der Waals surface area contributed by atoms with E-state index >= 15 is 0 Å². The second-order valence-electron chi connectivity index (χ2n) is 6.77. The quantitative estimate of drug-likeness (QED) is 0.724. The number of hydrogen-bond donors (Lipinski definition) is 2. The van der Waals surface area contributed by atoms with Crippen LogP contribution in [0.15, 0.2) is 35.1 Å². The minimum Gasteiger partial charge on any atom is -0.356 e. The predicted molar refractivity (Wildman–Crippen MR) is 102 cm³/mol. The number of rotatable bonds is 8. The summed E-state index contributed by atoms with van der Waals surface area (Å²) < 4.78 is 0. The first-order valence-corrected chi connectivity index (χ1v) is 9.38. The van der Waals surface area contributed by atoms with Crippen LogP contribution in [0.5, 0.6) is 0 Å². The summed E-state index contributed by atoms with van der Waals surface area (Å²) in [5.41, 5.74) is 3.04. The fraction of sp³-hybridized carbons (Fsp3) is 0.500. The van der Waals surface area contributed by atoms with Gasteiger partial charge in [0, 0.05) is 32.6 Å². The number of fused-ring (bicyclic) bond motifs is 1. The Balaban J connectivity index is 1.60. The molecule has 0 saturated carbocycles. The third kappa shape index (κ3) is 4.92. The summed E-state index contributed by atoms with van der Waals surface area (Å²) in [6, 6.07) is 10.4. The Hall–Kier alpha value is -2.14. The van der Waals surface area contributed by atoms with Gasteiger partial charge >= 0.3 is 0 Å². The first kappa shape index (κ1) is 17.7. The van der Waals surface area contributed by atoms with E-state index in [4.69, 9.17) is 0 Å². The van der Waals surface area contributed by atoms with Gasteiger partial charge in [-0.05, 0) is 12.0 Å². The summed E-state index contributed by atoms with van der Waals surface area (Å²) in [7, 11) is 0. The molecule has 0 spiro atoms. The van der Waals surface area contributed by atoms with E-state index in [0.717, 1.165) is 43.7 Å². The van der Waals surface area contributed by atoms with Gasteiger partial charge in [-0.25, -0.2) is 4.98 Å². The molecule has 0 fully saturated rings. The van der Waals surface area contributed by atoms with E-state index in [-0.39, 0.29) is 5.56 Å². The predicted octanol–water partition coefficient (Wildman–Crippen LogP) is 3.32. The highest BCUT2D eigenvalue weighted by molar-refractivity contribution is 5.31. The highest BCUT2D eigenvalue weighted by Gasteiger charge is 2.21. The van der Waals surface area contributed by atoms with E-state index in [1.165, 1.54) is 24.8 Å². The summed E-state index contributed by atoms with van der Waals surface area (Å²) in [6.45, 7) is 5.55. The number of unbranched alkanes of at least 4 members (excludes halogenated alkanes) is 3. The SMILES string of the molecule is CCCCCCNc1nc2c(c(=O)[nH]1)CN(Cc1ccccc1)CC2. The van der Waals surface area contributed by atoms with E-state index in [2.05, 4.69) is 51.4 Å². The van der Waals surface area contributed by atoms with E-state index in [0.29, 0.717) is 12.5 Å². The molecule has 5 heteroatoms. The normalized spacial score (nSPS) is 14.3. The molecule has 1 aliphatic heterocycles. The minimum absolute atomic E-state index is 0.00109. The average Bonchev–Trinajstić information content (AvgIpc) is 2.63.